The Morgan fingerprint density at radius 2 is 1.65 bits per heavy atom. The first-order valence-electron chi connectivity index (χ1n) is 10.1. The fraction of sp³-hybridized carbons (Fsp3) is 0.619. The van der Waals surface area contributed by atoms with E-state index in [1.54, 1.807) is 0 Å². The highest BCUT2D eigenvalue weighted by Gasteiger charge is 2.38. The second-order valence-corrected chi connectivity index (χ2v) is 9.30. The third-order valence-corrected chi connectivity index (χ3v) is 7.37. The van der Waals surface area contributed by atoms with Gasteiger partial charge in [-0.05, 0) is 49.9 Å². The summed E-state index contributed by atoms with van der Waals surface area (Å²) in [5.41, 5.74) is 0.831. The molecule has 5 heteroatoms. The topological polar surface area (TPSA) is 49.4 Å². The van der Waals surface area contributed by atoms with Gasteiger partial charge in [-0.1, -0.05) is 25.7 Å². The Labute approximate surface area is 160 Å². The fourth-order valence-electron chi connectivity index (χ4n) is 4.54. The van der Waals surface area contributed by atoms with Crippen LogP contribution in [0.5, 0.6) is 0 Å². The van der Waals surface area contributed by atoms with Gasteiger partial charge in [0.1, 0.15) is 0 Å². The van der Waals surface area contributed by atoms with Gasteiger partial charge in [0.2, 0.25) is 11.8 Å². The van der Waals surface area contributed by atoms with E-state index >= 15 is 0 Å². The van der Waals surface area contributed by atoms with Gasteiger partial charge < -0.3 is 10.2 Å². The maximum Gasteiger partial charge on any atom is 0.229 e. The molecule has 3 aliphatic rings. The maximum atomic E-state index is 12.6. The molecule has 0 radical (unpaired) electrons. The van der Waals surface area contributed by atoms with Crippen LogP contribution >= 0.6 is 11.8 Å². The summed E-state index contributed by atoms with van der Waals surface area (Å²) >= 11 is 1.95. The zero-order valence-electron chi connectivity index (χ0n) is 15.3. The number of benzene rings is 1. The molecular weight excluding hydrogens is 344 g/mol. The number of hydrogen-bond donors (Lipinski definition) is 1. The normalized spacial score (nSPS) is 24.5. The Hall–Kier alpha value is -1.49. The monoisotopic (exact) mass is 372 g/mol. The number of hydrogen-bond acceptors (Lipinski definition) is 3. The zero-order valence-corrected chi connectivity index (χ0v) is 16.1. The lowest BCUT2D eigenvalue weighted by molar-refractivity contribution is -0.129. The molecular formula is C21H28N2O2S. The zero-order chi connectivity index (χ0) is 17.9. The molecule has 1 N–H and O–H groups in total. The number of rotatable bonds is 5. The van der Waals surface area contributed by atoms with E-state index in [4.69, 9.17) is 0 Å². The van der Waals surface area contributed by atoms with Crippen LogP contribution in [0.1, 0.15) is 57.8 Å². The van der Waals surface area contributed by atoms with Crippen molar-refractivity contribution >= 4 is 29.3 Å². The Morgan fingerprint density at radius 1 is 1.00 bits per heavy atom. The van der Waals surface area contributed by atoms with Crippen molar-refractivity contribution in [2.24, 2.45) is 5.92 Å². The summed E-state index contributed by atoms with van der Waals surface area (Å²) in [6, 6.07) is 8.54. The van der Waals surface area contributed by atoms with Gasteiger partial charge in [0.25, 0.3) is 0 Å². The molecule has 0 spiro atoms. The number of amides is 2. The van der Waals surface area contributed by atoms with Crippen LogP contribution in [0, 0.1) is 5.92 Å². The average molecular weight is 373 g/mol. The number of nitrogens with one attached hydrogen (secondary N) is 1. The van der Waals surface area contributed by atoms with E-state index in [0.717, 1.165) is 23.8 Å². The summed E-state index contributed by atoms with van der Waals surface area (Å²) in [6.07, 6.45) is 10.3. The number of carbonyl (C=O) groups excluding carboxylic acids is 2. The molecule has 4 rings (SSSR count). The van der Waals surface area contributed by atoms with E-state index in [-0.39, 0.29) is 17.7 Å². The standard InChI is InChI=1S/C21H28N2O2S/c24-20-13-15(14-23(20)17-5-1-2-6-17)21(25)22-16-9-11-19(12-10-16)26-18-7-3-4-8-18/h9-12,15,17-18H,1-8,13-14H2,(H,22,25). The van der Waals surface area contributed by atoms with Crippen LogP contribution in [0.3, 0.4) is 0 Å². The number of likely N-dealkylation sites (tertiary alicyclic amines) is 1. The van der Waals surface area contributed by atoms with Gasteiger partial charge in [-0.3, -0.25) is 9.59 Å². The minimum absolute atomic E-state index is 0.0185. The molecule has 26 heavy (non-hydrogen) atoms. The first kappa shape index (κ1) is 17.9. The molecule has 0 aromatic heterocycles. The number of carbonyl (C=O) groups is 2. The quantitative estimate of drug-likeness (QED) is 0.831. The first-order chi connectivity index (χ1) is 12.7. The van der Waals surface area contributed by atoms with Gasteiger partial charge in [0, 0.05) is 34.8 Å². The molecule has 1 aliphatic heterocycles. The van der Waals surface area contributed by atoms with Gasteiger partial charge in [-0.2, -0.15) is 0 Å². The summed E-state index contributed by atoms with van der Waals surface area (Å²) in [4.78, 5) is 28.1. The van der Waals surface area contributed by atoms with E-state index in [1.807, 2.05) is 28.8 Å². The van der Waals surface area contributed by atoms with E-state index in [1.165, 1.54) is 43.4 Å². The second kappa shape index (κ2) is 8.03. The van der Waals surface area contributed by atoms with Crippen LogP contribution in [0.15, 0.2) is 29.2 Å². The lowest BCUT2D eigenvalue weighted by atomic mass is 10.1. The third-order valence-electron chi connectivity index (χ3n) is 6.02. The molecule has 1 atom stereocenters. The van der Waals surface area contributed by atoms with E-state index in [2.05, 4.69) is 17.4 Å². The van der Waals surface area contributed by atoms with Crippen molar-refractivity contribution in [3.05, 3.63) is 24.3 Å². The summed E-state index contributed by atoms with van der Waals surface area (Å²) in [5, 5.41) is 3.76. The van der Waals surface area contributed by atoms with Gasteiger partial charge in [-0.25, -0.2) is 0 Å². The molecule has 4 nitrogen and oxygen atoms in total. The Balaban J connectivity index is 1.30. The van der Waals surface area contributed by atoms with Crippen molar-refractivity contribution in [1.29, 1.82) is 0 Å². The maximum absolute atomic E-state index is 12.6. The van der Waals surface area contributed by atoms with Crippen LogP contribution in [-0.4, -0.2) is 34.6 Å². The summed E-state index contributed by atoms with van der Waals surface area (Å²) < 4.78 is 0. The smallest absolute Gasteiger partial charge is 0.229 e. The molecule has 1 aromatic rings. The SMILES string of the molecule is O=C(Nc1ccc(SC2CCCC2)cc1)C1CC(=O)N(C2CCCC2)C1. The average Bonchev–Trinajstić information content (AvgIpc) is 3.38. The van der Waals surface area contributed by atoms with Crippen LogP contribution in [0.25, 0.3) is 0 Å². The molecule has 0 bridgehead atoms. The predicted octanol–water partition coefficient (Wildman–Crippen LogP) is 4.45. The van der Waals surface area contributed by atoms with E-state index in [9.17, 15) is 9.59 Å². The van der Waals surface area contributed by atoms with Gasteiger partial charge in [-0.15, -0.1) is 11.8 Å². The highest BCUT2D eigenvalue weighted by molar-refractivity contribution is 8.00. The summed E-state index contributed by atoms with van der Waals surface area (Å²) in [7, 11) is 0. The van der Waals surface area contributed by atoms with Crippen molar-refractivity contribution in [3.63, 3.8) is 0 Å². The van der Waals surface area contributed by atoms with Gasteiger partial charge in [0.05, 0.1) is 5.92 Å². The van der Waals surface area contributed by atoms with E-state index < -0.39 is 0 Å². The minimum Gasteiger partial charge on any atom is -0.339 e. The second-order valence-electron chi connectivity index (χ2n) is 7.92. The molecule has 2 aliphatic carbocycles. The third kappa shape index (κ3) is 4.08. The van der Waals surface area contributed by atoms with Crippen LogP contribution in [0.2, 0.25) is 0 Å². The van der Waals surface area contributed by atoms with Crippen LogP contribution in [0.4, 0.5) is 5.69 Å². The lowest BCUT2D eigenvalue weighted by Crippen LogP contribution is -2.35. The molecule has 2 saturated carbocycles. The molecule has 3 fully saturated rings. The van der Waals surface area contributed by atoms with Crippen molar-refractivity contribution in [1.82, 2.24) is 4.90 Å². The van der Waals surface area contributed by atoms with E-state index in [0.29, 0.717) is 19.0 Å². The Bertz CT molecular complexity index is 648. The number of thioether (sulfide) groups is 1. The van der Waals surface area contributed by atoms with Gasteiger partial charge in [0.15, 0.2) is 0 Å². The Morgan fingerprint density at radius 3 is 2.35 bits per heavy atom. The first-order valence-corrected chi connectivity index (χ1v) is 10.9. The summed E-state index contributed by atoms with van der Waals surface area (Å²) in [5.74, 6) is -0.0777. The summed E-state index contributed by atoms with van der Waals surface area (Å²) in [6.45, 7) is 0.588. The van der Waals surface area contributed by atoms with Crippen molar-refractivity contribution < 1.29 is 9.59 Å². The Kier molecular flexibility index (Phi) is 5.53. The lowest BCUT2D eigenvalue weighted by Gasteiger charge is -2.23. The molecule has 2 amide bonds. The molecule has 1 aromatic carbocycles. The minimum atomic E-state index is -0.212. The van der Waals surface area contributed by atoms with Crippen LogP contribution < -0.4 is 5.32 Å². The van der Waals surface area contributed by atoms with Crippen molar-refractivity contribution in [2.75, 3.05) is 11.9 Å². The van der Waals surface area contributed by atoms with Crippen LogP contribution in [-0.2, 0) is 9.59 Å². The highest BCUT2D eigenvalue weighted by Crippen LogP contribution is 2.35. The molecule has 140 valence electrons. The van der Waals surface area contributed by atoms with Crippen molar-refractivity contribution in [3.8, 4) is 0 Å². The number of nitrogens with zero attached hydrogens (tertiary/aromatic N) is 1. The number of anilines is 1. The predicted molar refractivity (Wildman–Crippen MR) is 105 cm³/mol. The molecule has 1 saturated heterocycles. The largest absolute Gasteiger partial charge is 0.339 e. The molecule has 1 heterocycles. The molecule has 1 unspecified atom stereocenters. The van der Waals surface area contributed by atoms with Crippen molar-refractivity contribution in [2.45, 2.75) is 74.0 Å². The van der Waals surface area contributed by atoms with Gasteiger partial charge >= 0.3 is 0 Å². The fourth-order valence-corrected chi connectivity index (χ4v) is 5.78. The highest BCUT2D eigenvalue weighted by atomic mass is 32.2.